The molecule has 0 unspecified atom stereocenters. The molecule has 2 aliphatic rings. The van der Waals surface area contributed by atoms with Crippen LogP contribution in [0.3, 0.4) is 0 Å². The molecular weight excluding hydrogens is 388 g/mol. The lowest BCUT2D eigenvalue weighted by Gasteiger charge is -2.18. The van der Waals surface area contributed by atoms with E-state index in [1.54, 1.807) is 11.0 Å². The Morgan fingerprint density at radius 2 is 1.75 bits per heavy atom. The van der Waals surface area contributed by atoms with Gasteiger partial charge in [0.15, 0.2) is 4.32 Å². The van der Waals surface area contributed by atoms with E-state index in [0.29, 0.717) is 21.3 Å². The van der Waals surface area contributed by atoms with Crippen molar-refractivity contribution in [2.45, 2.75) is 13.8 Å². The minimum atomic E-state index is -0.248. The van der Waals surface area contributed by atoms with Crippen LogP contribution in [0, 0.1) is 13.8 Å². The number of carbonyl (C=O) groups excluding carboxylic acids is 2. The zero-order valence-electron chi connectivity index (χ0n) is 15.6. The van der Waals surface area contributed by atoms with Crippen molar-refractivity contribution >= 4 is 57.1 Å². The van der Waals surface area contributed by atoms with Gasteiger partial charge in [0.2, 0.25) is 0 Å². The van der Waals surface area contributed by atoms with Crippen molar-refractivity contribution in [1.29, 1.82) is 0 Å². The van der Waals surface area contributed by atoms with Crippen LogP contribution in [-0.4, -0.2) is 22.7 Å². The van der Waals surface area contributed by atoms with Gasteiger partial charge in [0.25, 0.3) is 11.8 Å². The number of fused-ring (bicyclic) bond motifs is 1. The van der Waals surface area contributed by atoms with Crippen molar-refractivity contribution in [3.05, 3.63) is 76.7 Å². The number of aryl methyl sites for hydroxylation is 1. The highest BCUT2D eigenvalue weighted by Gasteiger charge is 2.42. The van der Waals surface area contributed by atoms with Gasteiger partial charge >= 0.3 is 0 Å². The van der Waals surface area contributed by atoms with E-state index in [-0.39, 0.29) is 11.8 Å². The monoisotopic (exact) mass is 406 g/mol. The second kappa shape index (κ2) is 7.04. The van der Waals surface area contributed by atoms with Gasteiger partial charge in [0.1, 0.15) is 0 Å². The quantitative estimate of drug-likeness (QED) is 0.424. The Bertz CT molecular complexity index is 1090. The van der Waals surface area contributed by atoms with Crippen molar-refractivity contribution in [2.75, 3.05) is 16.3 Å². The van der Waals surface area contributed by atoms with Gasteiger partial charge in [-0.05, 0) is 37.1 Å². The molecule has 0 N–H and O–H groups in total. The zero-order valence-corrected chi connectivity index (χ0v) is 17.2. The lowest BCUT2D eigenvalue weighted by molar-refractivity contribution is -0.115. The number of benzene rings is 2. The van der Waals surface area contributed by atoms with E-state index < -0.39 is 0 Å². The molecule has 2 aromatic rings. The Hall–Kier alpha value is -2.70. The summed E-state index contributed by atoms with van der Waals surface area (Å²) in [6, 6.07) is 13.3. The molecule has 6 heteroatoms. The average Bonchev–Trinajstić information content (AvgIpc) is 3.11. The fourth-order valence-corrected chi connectivity index (χ4v) is 4.87. The number of hydrogen-bond acceptors (Lipinski definition) is 4. The Kier molecular flexibility index (Phi) is 4.69. The predicted molar refractivity (Wildman–Crippen MR) is 120 cm³/mol. The smallest absolute Gasteiger partial charge is 0.271 e. The third-order valence-electron chi connectivity index (χ3n) is 5.05. The van der Waals surface area contributed by atoms with Crippen LogP contribution in [0.25, 0.3) is 5.57 Å². The van der Waals surface area contributed by atoms with Gasteiger partial charge in [-0.3, -0.25) is 14.5 Å². The Labute approximate surface area is 173 Å². The van der Waals surface area contributed by atoms with Crippen LogP contribution in [0.2, 0.25) is 0 Å². The first-order valence-electron chi connectivity index (χ1n) is 8.84. The standard InChI is InChI=1S/C22H18N2O2S2/c1-4-12-23-17-10-6-5-9-15(17)18(20(23)25)19-21(26)24(22(27)28-19)16-11-7-8-13(2)14(16)3/h4-11H,1,12H2,2-3H3. The van der Waals surface area contributed by atoms with Crippen molar-refractivity contribution in [1.82, 2.24) is 0 Å². The molecular formula is C22H18N2O2S2. The first kappa shape index (κ1) is 18.7. The number of nitrogens with zero attached hydrogens (tertiary/aromatic N) is 2. The highest BCUT2D eigenvalue weighted by atomic mass is 32.2. The van der Waals surface area contributed by atoms with Crippen molar-refractivity contribution in [3.8, 4) is 0 Å². The van der Waals surface area contributed by atoms with E-state index in [9.17, 15) is 9.59 Å². The summed E-state index contributed by atoms with van der Waals surface area (Å²) in [6.45, 7) is 8.09. The highest BCUT2D eigenvalue weighted by molar-refractivity contribution is 8.27. The third-order valence-corrected chi connectivity index (χ3v) is 6.42. The summed E-state index contributed by atoms with van der Waals surface area (Å²) < 4.78 is 0.439. The third kappa shape index (κ3) is 2.72. The average molecular weight is 407 g/mol. The second-order valence-electron chi connectivity index (χ2n) is 6.65. The Balaban J connectivity index is 1.86. The fraction of sp³-hybridized carbons (Fsp3) is 0.136. The van der Waals surface area contributed by atoms with Crippen molar-refractivity contribution in [3.63, 3.8) is 0 Å². The number of amides is 2. The number of hydrogen-bond donors (Lipinski definition) is 0. The van der Waals surface area contributed by atoms with E-state index in [1.807, 2.05) is 56.3 Å². The van der Waals surface area contributed by atoms with Gasteiger partial charge in [0.05, 0.1) is 21.9 Å². The van der Waals surface area contributed by atoms with E-state index in [2.05, 4.69) is 6.58 Å². The number of anilines is 2. The van der Waals surface area contributed by atoms with Gasteiger partial charge in [-0.15, -0.1) is 6.58 Å². The maximum absolute atomic E-state index is 13.4. The number of carbonyl (C=O) groups is 2. The molecule has 2 heterocycles. The molecule has 28 heavy (non-hydrogen) atoms. The summed E-state index contributed by atoms with van der Waals surface area (Å²) in [5.74, 6) is -0.440. The minimum Gasteiger partial charge on any atom is -0.304 e. The number of thiocarbonyl (C=S) groups is 1. The Morgan fingerprint density at radius 1 is 1.04 bits per heavy atom. The number of thioether (sulfide) groups is 1. The van der Waals surface area contributed by atoms with Crippen LogP contribution < -0.4 is 9.80 Å². The summed E-state index contributed by atoms with van der Waals surface area (Å²) in [4.78, 5) is 30.1. The summed E-state index contributed by atoms with van der Waals surface area (Å²) in [7, 11) is 0. The molecule has 0 spiro atoms. The maximum Gasteiger partial charge on any atom is 0.271 e. The van der Waals surface area contributed by atoms with E-state index in [1.165, 1.54) is 16.7 Å². The number of para-hydroxylation sites is 1. The molecule has 1 saturated heterocycles. The molecule has 0 bridgehead atoms. The normalized spacial score (nSPS) is 18.9. The molecule has 0 radical (unpaired) electrons. The molecule has 2 amide bonds. The SMILES string of the molecule is C=CCN1C(=O)C(=C2SC(=S)N(c3cccc(C)c3C)C2=O)c2ccccc21. The van der Waals surface area contributed by atoms with Gasteiger partial charge in [0, 0.05) is 12.1 Å². The van der Waals surface area contributed by atoms with E-state index in [0.717, 1.165) is 28.1 Å². The van der Waals surface area contributed by atoms with Crippen molar-refractivity contribution < 1.29 is 9.59 Å². The van der Waals surface area contributed by atoms with Crippen molar-refractivity contribution in [2.24, 2.45) is 0 Å². The van der Waals surface area contributed by atoms with Gasteiger partial charge in [-0.2, -0.15) is 0 Å². The Morgan fingerprint density at radius 3 is 2.50 bits per heavy atom. The largest absolute Gasteiger partial charge is 0.304 e. The van der Waals surface area contributed by atoms with Crippen LogP contribution in [0.4, 0.5) is 11.4 Å². The van der Waals surface area contributed by atoms with E-state index in [4.69, 9.17) is 12.2 Å². The molecule has 0 aromatic heterocycles. The first-order chi connectivity index (χ1) is 13.5. The summed E-state index contributed by atoms with van der Waals surface area (Å²) >= 11 is 6.72. The van der Waals surface area contributed by atoms with E-state index >= 15 is 0 Å². The molecule has 4 rings (SSSR count). The fourth-order valence-electron chi connectivity index (χ4n) is 3.51. The predicted octanol–water partition coefficient (Wildman–Crippen LogP) is 4.61. The summed E-state index contributed by atoms with van der Waals surface area (Å²) in [5.41, 5.74) is 4.81. The molecule has 0 saturated carbocycles. The zero-order chi connectivity index (χ0) is 20.0. The molecule has 2 aliphatic heterocycles. The molecule has 140 valence electrons. The van der Waals surface area contributed by atoms with Gasteiger partial charge in [-0.25, -0.2) is 0 Å². The molecule has 0 atom stereocenters. The molecule has 0 aliphatic carbocycles. The van der Waals surface area contributed by atoms with Crippen LogP contribution in [-0.2, 0) is 9.59 Å². The van der Waals surface area contributed by atoms with Crippen LogP contribution >= 0.6 is 24.0 Å². The molecule has 4 nitrogen and oxygen atoms in total. The van der Waals surface area contributed by atoms with Crippen LogP contribution in [0.1, 0.15) is 16.7 Å². The summed E-state index contributed by atoms with van der Waals surface area (Å²) in [5, 5.41) is 0. The molecule has 2 aromatic carbocycles. The highest BCUT2D eigenvalue weighted by Crippen LogP contribution is 2.45. The van der Waals surface area contributed by atoms with Gasteiger partial charge in [-0.1, -0.05) is 60.4 Å². The topological polar surface area (TPSA) is 40.6 Å². The lowest BCUT2D eigenvalue weighted by atomic mass is 10.1. The molecule has 1 fully saturated rings. The second-order valence-corrected chi connectivity index (χ2v) is 8.30. The van der Waals surface area contributed by atoms with Crippen LogP contribution in [0.15, 0.2) is 60.0 Å². The lowest BCUT2D eigenvalue weighted by Crippen LogP contribution is -2.30. The minimum absolute atomic E-state index is 0.192. The maximum atomic E-state index is 13.4. The summed E-state index contributed by atoms with van der Waals surface area (Å²) in [6.07, 6.45) is 1.68. The first-order valence-corrected chi connectivity index (χ1v) is 10.1. The van der Waals surface area contributed by atoms with Crippen LogP contribution in [0.5, 0.6) is 0 Å². The number of rotatable bonds is 3. The van der Waals surface area contributed by atoms with Gasteiger partial charge < -0.3 is 4.90 Å².